The van der Waals surface area contributed by atoms with Gasteiger partial charge in [0.25, 0.3) is 5.91 Å². The number of carbonyl (C=O) groups is 1. The molecule has 0 aliphatic heterocycles. The summed E-state index contributed by atoms with van der Waals surface area (Å²) < 4.78 is 19.7. The molecule has 152 valence electrons. The van der Waals surface area contributed by atoms with Crippen LogP contribution in [0.3, 0.4) is 0 Å². The highest BCUT2D eigenvalue weighted by Crippen LogP contribution is 2.36. The van der Waals surface area contributed by atoms with E-state index in [-0.39, 0.29) is 17.2 Å². The molecule has 1 amide bonds. The number of halogens is 1. The molecule has 29 heavy (non-hydrogen) atoms. The number of nitrogens with zero attached hydrogens (tertiary/aromatic N) is 1. The second-order valence-electron chi connectivity index (χ2n) is 7.77. The van der Waals surface area contributed by atoms with Gasteiger partial charge < -0.3 is 14.8 Å². The first kappa shape index (κ1) is 19.4. The molecule has 1 aromatic heterocycles. The van der Waals surface area contributed by atoms with Gasteiger partial charge in [0.2, 0.25) is 0 Å². The monoisotopic (exact) mass is 396 g/mol. The summed E-state index contributed by atoms with van der Waals surface area (Å²) in [7, 11) is 0. The van der Waals surface area contributed by atoms with Gasteiger partial charge in [-0.05, 0) is 67.9 Å². The highest BCUT2D eigenvalue weighted by atomic mass is 19.1. The number of hydrogen-bond donors (Lipinski definition) is 2. The maximum absolute atomic E-state index is 13.8. The maximum Gasteiger partial charge on any atom is 0.251 e. The third-order valence-electron chi connectivity index (χ3n) is 5.84. The van der Waals surface area contributed by atoms with Crippen LogP contribution in [0, 0.1) is 11.7 Å². The SMILES string of the molecule is CCc1cc(C(=O)NCC2CCC(c3nc4ccccc4o3)CC2)cc(F)c1O. The zero-order valence-corrected chi connectivity index (χ0v) is 16.5. The van der Waals surface area contributed by atoms with Crippen molar-refractivity contribution in [3.8, 4) is 5.75 Å². The second-order valence-corrected chi connectivity index (χ2v) is 7.77. The number of carbonyl (C=O) groups excluding carboxylic acids is 1. The van der Waals surface area contributed by atoms with Crippen molar-refractivity contribution >= 4 is 17.0 Å². The third kappa shape index (κ3) is 4.11. The number of oxazole rings is 1. The Bertz CT molecular complexity index is 989. The van der Waals surface area contributed by atoms with Gasteiger partial charge in [-0.3, -0.25) is 4.79 Å². The summed E-state index contributed by atoms with van der Waals surface area (Å²) in [6.07, 6.45) is 4.37. The molecule has 5 nitrogen and oxygen atoms in total. The van der Waals surface area contributed by atoms with E-state index in [1.165, 1.54) is 0 Å². The largest absolute Gasteiger partial charge is 0.505 e. The molecule has 0 atom stereocenters. The molecular formula is C23H25FN2O3. The van der Waals surface area contributed by atoms with Crippen LogP contribution in [0.25, 0.3) is 11.1 Å². The van der Waals surface area contributed by atoms with E-state index in [0.717, 1.165) is 48.7 Å². The molecule has 1 heterocycles. The number of rotatable bonds is 5. The van der Waals surface area contributed by atoms with Crippen LogP contribution in [0.5, 0.6) is 5.75 Å². The topological polar surface area (TPSA) is 75.4 Å². The Hall–Kier alpha value is -2.89. The zero-order chi connectivity index (χ0) is 20.4. The van der Waals surface area contributed by atoms with E-state index < -0.39 is 5.82 Å². The van der Waals surface area contributed by atoms with E-state index in [4.69, 9.17) is 4.42 Å². The maximum atomic E-state index is 13.8. The van der Waals surface area contributed by atoms with E-state index in [1.807, 2.05) is 31.2 Å². The molecule has 0 unspecified atom stereocenters. The summed E-state index contributed by atoms with van der Waals surface area (Å²) in [5.41, 5.74) is 2.40. The quantitative estimate of drug-likeness (QED) is 0.641. The molecular weight excluding hydrogens is 371 g/mol. The molecule has 0 spiro atoms. The number of aromatic hydroxyl groups is 1. The van der Waals surface area contributed by atoms with Gasteiger partial charge in [-0.2, -0.15) is 0 Å². The highest BCUT2D eigenvalue weighted by Gasteiger charge is 2.26. The molecule has 2 N–H and O–H groups in total. The van der Waals surface area contributed by atoms with Crippen molar-refractivity contribution < 1.29 is 18.7 Å². The Labute approximate surface area is 168 Å². The Kier molecular flexibility index (Phi) is 5.51. The molecule has 2 aromatic carbocycles. The van der Waals surface area contributed by atoms with Crippen molar-refractivity contribution in [2.75, 3.05) is 6.54 Å². The van der Waals surface area contributed by atoms with Crippen LogP contribution in [0.4, 0.5) is 4.39 Å². The number of amides is 1. The van der Waals surface area contributed by atoms with E-state index >= 15 is 0 Å². The lowest BCUT2D eigenvalue weighted by molar-refractivity contribution is 0.0941. The lowest BCUT2D eigenvalue weighted by Gasteiger charge is -2.26. The zero-order valence-electron chi connectivity index (χ0n) is 16.5. The van der Waals surface area contributed by atoms with Crippen molar-refractivity contribution in [3.63, 3.8) is 0 Å². The number of hydrogen-bond acceptors (Lipinski definition) is 4. The minimum Gasteiger partial charge on any atom is -0.505 e. The van der Waals surface area contributed by atoms with Crippen molar-refractivity contribution in [1.29, 1.82) is 0 Å². The molecule has 4 rings (SSSR count). The van der Waals surface area contributed by atoms with Crippen LogP contribution in [0.2, 0.25) is 0 Å². The molecule has 0 bridgehead atoms. The number of aromatic nitrogens is 1. The lowest BCUT2D eigenvalue weighted by Crippen LogP contribution is -2.31. The molecule has 1 aliphatic carbocycles. The number of nitrogens with one attached hydrogen (secondary N) is 1. The first-order chi connectivity index (χ1) is 14.0. The molecule has 1 fully saturated rings. The summed E-state index contributed by atoms with van der Waals surface area (Å²) in [4.78, 5) is 17.0. The molecule has 1 saturated carbocycles. The van der Waals surface area contributed by atoms with E-state index in [2.05, 4.69) is 10.3 Å². The van der Waals surface area contributed by atoms with Gasteiger partial charge in [0.15, 0.2) is 23.0 Å². The highest BCUT2D eigenvalue weighted by molar-refractivity contribution is 5.94. The standard InChI is InChI=1S/C23H25FN2O3/c1-2-15-11-17(12-18(24)21(15)27)22(28)25-13-14-7-9-16(10-8-14)23-26-19-5-3-4-6-20(19)29-23/h3-6,11-12,14,16,27H,2,7-10,13H2,1H3,(H,25,28). The summed E-state index contributed by atoms with van der Waals surface area (Å²) in [5, 5.41) is 12.6. The number of para-hydroxylation sites is 2. The minimum atomic E-state index is -0.756. The molecule has 3 aromatic rings. The fraction of sp³-hybridized carbons (Fsp3) is 0.391. The van der Waals surface area contributed by atoms with Gasteiger partial charge in [0.05, 0.1) is 0 Å². The predicted octanol–water partition coefficient (Wildman–Crippen LogP) is 4.94. The van der Waals surface area contributed by atoms with E-state index in [1.54, 1.807) is 6.07 Å². The molecule has 0 radical (unpaired) electrons. The van der Waals surface area contributed by atoms with Crippen molar-refractivity contribution in [2.24, 2.45) is 5.92 Å². The second kappa shape index (κ2) is 8.23. The van der Waals surface area contributed by atoms with Gasteiger partial charge in [-0.1, -0.05) is 19.1 Å². The smallest absolute Gasteiger partial charge is 0.251 e. The van der Waals surface area contributed by atoms with Crippen LogP contribution in [0.15, 0.2) is 40.8 Å². The van der Waals surface area contributed by atoms with E-state index in [0.29, 0.717) is 30.4 Å². The summed E-state index contributed by atoms with van der Waals surface area (Å²) in [6.45, 7) is 2.37. The fourth-order valence-electron chi connectivity index (χ4n) is 4.07. The fourth-order valence-corrected chi connectivity index (χ4v) is 4.07. The van der Waals surface area contributed by atoms with Crippen LogP contribution >= 0.6 is 0 Å². The number of phenols is 1. The van der Waals surface area contributed by atoms with Gasteiger partial charge in [-0.15, -0.1) is 0 Å². The van der Waals surface area contributed by atoms with E-state index in [9.17, 15) is 14.3 Å². The number of fused-ring (bicyclic) bond motifs is 1. The van der Waals surface area contributed by atoms with Gasteiger partial charge >= 0.3 is 0 Å². The van der Waals surface area contributed by atoms with Crippen molar-refractivity contribution in [2.45, 2.75) is 44.9 Å². The number of phenolic OH excluding ortho intramolecular Hbond substituents is 1. The van der Waals surface area contributed by atoms with Gasteiger partial charge in [0, 0.05) is 18.0 Å². The summed E-state index contributed by atoms with van der Waals surface area (Å²) in [6, 6.07) is 10.4. The number of benzene rings is 2. The van der Waals surface area contributed by atoms with Gasteiger partial charge in [0.1, 0.15) is 5.52 Å². The molecule has 6 heteroatoms. The minimum absolute atomic E-state index is 0.248. The van der Waals surface area contributed by atoms with Gasteiger partial charge in [-0.25, -0.2) is 9.37 Å². The average molecular weight is 396 g/mol. The molecule has 0 saturated heterocycles. The van der Waals surface area contributed by atoms with Crippen molar-refractivity contribution in [1.82, 2.24) is 10.3 Å². The first-order valence-electron chi connectivity index (χ1n) is 10.2. The summed E-state index contributed by atoms with van der Waals surface area (Å²) >= 11 is 0. The molecule has 1 aliphatic rings. The first-order valence-corrected chi connectivity index (χ1v) is 10.2. The van der Waals surface area contributed by atoms with Crippen molar-refractivity contribution in [3.05, 3.63) is 59.2 Å². The normalized spacial score (nSPS) is 19.4. The Morgan fingerprint density at radius 3 is 2.72 bits per heavy atom. The van der Waals surface area contributed by atoms with Crippen LogP contribution < -0.4 is 5.32 Å². The van der Waals surface area contributed by atoms with Crippen LogP contribution in [-0.4, -0.2) is 22.5 Å². The Morgan fingerprint density at radius 2 is 2.00 bits per heavy atom. The predicted molar refractivity (Wildman–Crippen MR) is 108 cm³/mol. The number of aryl methyl sites for hydroxylation is 1. The summed E-state index contributed by atoms with van der Waals surface area (Å²) in [5.74, 6) is 0.0646. The average Bonchev–Trinajstić information content (AvgIpc) is 3.18. The van der Waals surface area contributed by atoms with Crippen LogP contribution in [0.1, 0.15) is 60.3 Å². The lowest BCUT2D eigenvalue weighted by atomic mass is 9.82. The third-order valence-corrected chi connectivity index (χ3v) is 5.84. The van der Waals surface area contributed by atoms with Crippen LogP contribution in [-0.2, 0) is 6.42 Å². The Morgan fingerprint density at radius 1 is 1.24 bits per heavy atom. The Balaban J connectivity index is 1.32.